The van der Waals surface area contributed by atoms with Gasteiger partial charge in [-0.15, -0.1) is 11.6 Å². The molecule has 1 aliphatic carbocycles. The third-order valence-electron chi connectivity index (χ3n) is 6.25. The molecule has 5 nitrogen and oxygen atoms in total. The van der Waals surface area contributed by atoms with Gasteiger partial charge < -0.3 is 20.1 Å². The smallest absolute Gasteiger partial charge is 0.305 e. The number of allylic oxidation sites excluding steroid dienone is 2. The van der Waals surface area contributed by atoms with E-state index >= 15 is 0 Å². The number of aliphatic hydroxyl groups is 3. The predicted molar refractivity (Wildman–Crippen MR) is 128 cm³/mol. The van der Waals surface area contributed by atoms with Gasteiger partial charge in [-0.05, 0) is 49.1 Å². The molecule has 180 valence electrons. The molecule has 0 saturated heterocycles. The minimum absolute atomic E-state index is 0.0497. The summed E-state index contributed by atoms with van der Waals surface area (Å²) in [5, 5.41) is 29.8. The van der Waals surface area contributed by atoms with Crippen molar-refractivity contribution in [2.45, 2.75) is 88.2 Å². The molecule has 5 atom stereocenters. The minimum Gasteiger partial charge on any atom is -0.463 e. The summed E-state index contributed by atoms with van der Waals surface area (Å²) in [6, 6.07) is 7.98. The number of ether oxygens (including phenoxy) is 1. The summed E-state index contributed by atoms with van der Waals surface area (Å²) in [4.78, 5) is 11.5. The third-order valence-corrected chi connectivity index (χ3v) is 6.75. The second-order valence-electron chi connectivity index (χ2n) is 8.73. The second kappa shape index (κ2) is 14.7. The first kappa shape index (κ1) is 26.8. The van der Waals surface area contributed by atoms with Gasteiger partial charge in [0.05, 0.1) is 18.8 Å². The Labute approximate surface area is 197 Å². The number of alkyl halides is 1. The lowest BCUT2D eigenvalue weighted by molar-refractivity contribution is -0.144. The normalized spacial score (nSPS) is 24.2. The average Bonchev–Trinajstić information content (AvgIpc) is 3.07. The highest BCUT2D eigenvalue weighted by Crippen LogP contribution is 2.45. The third kappa shape index (κ3) is 8.51. The number of halogens is 1. The lowest BCUT2D eigenvalue weighted by Gasteiger charge is -2.24. The van der Waals surface area contributed by atoms with Gasteiger partial charge >= 0.3 is 5.97 Å². The molecule has 32 heavy (non-hydrogen) atoms. The maximum atomic E-state index is 11.5. The topological polar surface area (TPSA) is 87.0 Å². The summed E-state index contributed by atoms with van der Waals surface area (Å²) >= 11 is 6.61. The summed E-state index contributed by atoms with van der Waals surface area (Å²) in [5.41, 5.74) is 1.95. The molecule has 1 aromatic carbocycles. The fourth-order valence-electron chi connectivity index (χ4n) is 4.52. The van der Waals surface area contributed by atoms with Gasteiger partial charge in [-0.2, -0.15) is 0 Å². The van der Waals surface area contributed by atoms with Crippen molar-refractivity contribution in [2.24, 2.45) is 5.92 Å². The van der Waals surface area contributed by atoms with Crippen LogP contribution in [0.4, 0.5) is 0 Å². The van der Waals surface area contributed by atoms with Crippen molar-refractivity contribution in [3.05, 3.63) is 47.5 Å². The molecule has 3 N–H and O–H groups in total. The van der Waals surface area contributed by atoms with E-state index in [2.05, 4.69) is 19.1 Å². The van der Waals surface area contributed by atoms with E-state index in [4.69, 9.17) is 21.4 Å². The minimum atomic E-state index is -0.496. The van der Waals surface area contributed by atoms with E-state index in [1.165, 1.54) is 0 Å². The van der Waals surface area contributed by atoms with Crippen LogP contribution in [0.5, 0.6) is 0 Å². The highest BCUT2D eigenvalue weighted by atomic mass is 35.5. The molecule has 0 amide bonds. The zero-order valence-corrected chi connectivity index (χ0v) is 19.9. The Balaban J connectivity index is 1.93. The Morgan fingerprint density at radius 2 is 2.09 bits per heavy atom. The number of esters is 1. The number of carbonyl (C=O) groups excluding carboxylic acids is 1. The zero-order valence-electron chi connectivity index (χ0n) is 19.2. The lowest BCUT2D eigenvalue weighted by Crippen LogP contribution is -2.18. The van der Waals surface area contributed by atoms with Crippen LogP contribution in [0.25, 0.3) is 0 Å². The van der Waals surface area contributed by atoms with Crippen molar-refractivity contribution in [1.29, 1.82) is 0 Å². The van der Waals surface area contributed by atoms with Gasteiger partial charge in [-0.25, -0.2) is 0 Å². The van der Waals surface area contributed by atoms with Gasteiger partial charge in [0.15, 0.2) is 0 Å². The van der Waals surface area contributed by atoms with Gasteiger partial charge in [0.2, 0.25) is 0 Å². The maximum absolute atomic E-state index is 11.5. The molecule has 0 bridgehead atoms. The molecule has 0 spiro atoms. The van der Waals surface area contributed by atoms with Crippen LogP contribution < -0.4 is 0 Å². The number of hydrogen-bond donors (Lipinski definition) is 3. The zero-order chi connectivity index (χ0) is 23.3. The van der Waals surface area contributed by atoms with E-state index in [0.29, 0.717) is 19.3 Å². The second-order valence-corrected chi connectivity index (χ2v) is 9.29. The van der Waals surface area contributed by atoms with Crippen molar-refractivity contribution < 1.29 is 24.9 Å². The van der Waals surface area contributed by atoms with Crippen LogP contribution in [0.3, 0.4) is 0 Å². The van der Waals surface area contributed by atoms with Crippen LogP contribution >= 0.6 is 11.6 Å². The van der Waals surface area contributed by atoms with E-state index in [-0.39, 0.29) is 36.4 Å². The quantitative estimate of drug-likeness (QED) is 0.155. The summed E-state index contributed by atoms with van der Waals surface area (Å²) in [6.45, 7) is 2.05. The molecule has 1 aromatic rings. The molecule has 0 heterocycles. The van der Waals surface area contributed by atoms with E-state index in [9.17, 15) is 15.0 Å². The molecule has 0 aliphatic heterocycles. The Morgan fingerprint density at radius 3 is 2.84 bits per heavy atom. The van der Waals surface area contributed by atoms with Crippen LogP contribution in [-0.4, -0.2) is 46.0 Å². The molecule has 1 saturated carbocycles. The van der Waals surface area contributed by atoms with Crippen molar-refractivity contribution in [2.75, 3.05) is 13.2 Å². The number of rotatable bonds is 14. The van der Waals surface area contributed by atoms with E-state index in [0.717, 1.165) is 49.7 Å². The monoisotopic (exact) mass is 466 g/mol. The molecule has 1 fully saturated rings. The predicted octanol–water partition coefficient (Wildman–Crippen LogP) is 5.02. The van der Waals surface area contributed by atoms with Gasteiger partial charge in [-0.3, -0.25) is 4.79 Å². The molecule has 6 heteroatoms. The largest absolute Gasteiger partial charge is 0.463 e. The molecular formula is C26H39ClO5. The highest BCUT2D eigenvalue weighted by Gasteiger charge is 2.41. The molecule has 2 rings (SSSR count). The number of unbranched alkanes of at least 4 members (excludes halogenated alkanes) is 3. The van der Waals surface area contributed by atoms with Gasteiger partial charge in [0.25, 0.3) is 0 Å². The Bertz CT molecular complexity index is 707. The first-order chi connectivity index (χ1) is 15.5. The molecular weight excluding hydrogens is 428 g/mol. The van der Waals surface area contributed by atoms with Crippen LogP contribution in [-0.2, 0) is 9.53 Å². The average molecular weight is 467 g/mol. The van der Waals surface area contributed by atoms with Gasteiger partial charge in [-0.1, -0.05) is 62.6 Å². The van der Waals surface area contributed by atoms with E-state index in [1.54, 1.807) is 0 Å². The standard InChI is InChI=1S/C26H39ClO5/c1-2-3-6-13-23(29)19-10-9-11-20(17-19)26-21(22(27)18-24(26)30)12-7-4-5-8-14-25(31)32-16-15-28/h4,7,9-11,17,21-24,26,28-30H,2-3,5-6,8,12-16,18H2,1H3/t21-,22+,23?,24+,26+/m0/s1. The summed E-state index contributed by atoms with van der Waals surface area (Å²) in [6.07, 6.45) is 10.3. The van der Waals surface area contributed by atoms with Crippen LogP contribution in [0, 0.1) is 5.92 Å². The van der Waals surface area contributed by atoms with E-state index in [1.807, 2.05) is 24.3 Å². The molecule has 1 unspecified atom stereocenters. The molecule has 1 aliphatic rings. The Morgan fingerprint density at radius 1 is 1.28 bits per heavy atom. The summed E-state index contributed by atoms with van der Waals surface area (Å²) in [5.74, 6) is -0.229. The van der Waals surface area contributed by atoms with Crippen molar-refractivity contribution in [3.8, 4) is 0 Å². The van der Waals surface area contributed by atoms with Gasteiger partial charge in [0, 0.05) is 17.7 Å². The molecule has 0 radical (unpaired) electrons. The number of hydrogen-bond acceptors (Lipinski definition) is 5. The number of aliphatic hydroxyl groups excluding tert-OH is 3. The summed E-state index contributed by atoms with van der Waals surface area (Å²) in [7, 11) is 0. The SMILES string of the molecule is CCCCCC(O)c1cccc([C@@H]2[C@@H](CC=CCCCC(=O)OCCO)[C@H](Cl)C[C@H]2O)c1. The highest BCUT2D eigenvalue weighted by molar-refractivity contribution is 6.21. The first-order valence-corrected chi connectivity index (χ1v) is 12.4. The van der Waals surface area contributed by atoms with E-state index < -0.39 is 12.2 Å². The van der Waals surface area contributed by atoms with Crippen molar-refractivity contribution >= 4 is 17.6 Å². The molecule has 0 aromatic heterocycles. The summed E-state index contributed by atoms with van der Waals surface area (Å²) < 4.78 is 4.85. The van der Waals surface area contributed by atoms with Gasteiger partial charge in [0.1, 0.15) is 6.61 Å². The van der Waals surface area contributed by atoms with Crippen LogP contribution in [0.15, 0.2) is 36.4 Å². The lowest BCUT2D eigenvalue weighted by atomic mass is 9.84. The Hall–Kier alpha value is -1.40. The fraction of sp³-hybridized carbons (Fsp3) is 0.654. The first-order valence-electron chi connectivity index (χ1n) is 12.0. The van der Waals surface area contributed by atoms with Crippen molar-refractivity contribution in [3.63, 3.8) is 0 Å². The number of benzene rings is 1. The van der Waals surface area contributed by atoms with Crippen LogP contribution in [0.1, 0.15) is 87.9 Å². The number of carbonyl (C=O) groups is 1. The Kier molecular flexibility index (Phi) is 12.3. The van der Waals surface area contributed by atoms with Crippen molar-refractivity contribution in [1.82, 2.24) is 0 Å². The van der Waals surface area contributed by atoms with Crippen LogP contribution in [0.2, 0.25) is 0 Å². The maximum Gasteiger partial charge on any atom is 0.305 e. The fourth-order valence-corrected chi connectivity index (χ4v) is 4.96.